The molecule has 0 saturated carbocycles. The molecule has 1 atom stereocenters. The zero-order chi connectivity index (χ0) is 15.1. The van der Waals surface area contributed by atoms with E-state index in [0.717, 1.165) is 6.21 Å². The number of ether oxygens (including phenoxy) is 1. The van der Waals surface area contributed by atoms with Crippen LogP contribution in [0.5, 0.6) is 0 Å². The number of hydrogen-bond donors (Lipinski definition) is 2. The van der Waals surface area contributed by atoms with Crippen LogP contribution in [0, 0.1) is 5.53 Å². The Balaban J connectivity index is 4.62. The van der Waals surface area contributed by atoms with Gasteiger partial charge in [-0.1, -0.05) is 0 Å². The molecule has 0 rings (SSSR count). The van der Waals surface area contributed by atoms with Crippen molar-refractivity contribution in [3.63, 3.8) is 0 Å². The van der Waals surface area contributed by atoms with Crippen LogP contribution < -0.4 is 5.32 Å². The third kappa shape index (κ3) is 8.68. The number of esters is 1. The molecule has 0 aromatic heterocycles. The van der Waals surface area contributed by atoms with Crippen molar-refractivity contribution in [2.24, 2.45) is 0 Å². The topological polar surface area (TPSA) is 110 Å². The molecule has 2 N–H and O–H groups in total. The third-order valence-electron chi connectivity index (χ3n) is 1.96. The van der Waals surface area contributed by atoms with Crippen molar-refractivity contribution in [2.45, 2.75) is 52.2 Å². The highest BCUT2D eigenvalue weighted by Crippen LogP contribution is 2.10. The number of amides is 1. The van der Waals surface area contributed by atoms with Crippen LogP contribution in [0.15, 0.2) is 0 Å². The SMILES string of the molecule is CC(=O)N[C@@H](CCC(=O)C=[N+]=N)C(=O)OC(C)(C)C. The quantitative estimate of drug-likeness (QED) is 0.317. The highest BCUT2D eigenvalue weighted by Gasteiger charge is 2.26. The van der Waals surface area contributed by atoms with Gasteiger partial charge in [0.05, 0.1) is 10.3 Å². The fraction of sp³-hybridized carbons (Fsp3) is 0.667. The summed E-state index contributed by atoms with van der Waals surface area (Å²) in [7, 11) is 0. The summed E-state index contributed by atoms with van der Waals surface area (Å²) in [5, 5.41) is 2.44. The van der Waals surface area contributed by atoms with Gasteiger partial charge < -0.3 is 10.1 Å². The fourth-order valence-electron chi connectivity index (χ4n) is 1.29. The smallest absolute Gasteiger partial charge is 0.372 e. The molecule has 0 aromatic rings. The molecule has 0 aliphatic carbocycles. The van der Waals surface area contributed by atoms with Crippen LogP contribution in [0.1, 0.15) is 40.5 Å². The molecule has 0 saturated heterocycles. The van der Waals surface area contributed by atoms with Crippen LogP contribution >= 0.6 is 0 Å². The predicted octanol–water partition coefficient (Wildman–Crippen LogP) is 0.492. The van der Waals surface area contributed by atoms with E-state index in [0.29, 0.717) is 0 Å². The average Bonchev–Trinajstić information content (AvgIpc) is 2.21. The normalized spacial score (nSPS) is 12.0. The van der Waals surface area contributed by atoms with Gasteiger partial charge in [-0.05, 0) is 27.2 Å². The van der Waals surface area contributed by atoms with Crippen molar-refractivity contribution in [1.29, 1.82) is 5.53 Å². The molecule has 0 aliphatic rings. The number of carbonyl (C=O) groups excluding carboxylic acids is 3. The first-order valence-corrected chi connectivity index (χ1v) is 5.88. The molecular weight excluding hydrogens is 250 g/mol. The van der Waals surface area contributed by atoms with Crippen molar-refractivity contribution in [2.75, 3.05) is 0 Å². The van der Waals surface area contributed by atoms with E-state index in [9.17, 15) is 14.4 Å². The summed E-state index contributed by atoms with van der Waals surface area (Å²) in [6.07, 6.45) is 0.978. The summed E-state index contributed by atoms with van der Waals surface area (Å²) < 4.78 is 5.16. The molecule has 0 fully saturated rings. The molecule has 0 heterocycles. The highest BCUT2D eigenvalue weighted by molar-refractivity contribution is 6.25. The van der Waals surface area contributed by atoms with Gasteiger partial charge in [-0.3, -0.25) is 9.59 Å². The lowest BCUT2D eigenvalue weighted by Gasteiger charge is -2.24. The molecule has 0 spiro atoms. The van der Waals surface area contributed by atoms with Gasteiger partial charge >= 0.3 is 12.2 Å². The largest absolute Gasteiger partial charge is 0.458 e. The predicted molar refractivity (Wildman–Crippen MR) is 66.7 cm³/mol. The summed E-state index contributed by atoms with van der Waals surface area (Å²) >= 11 is 0. The molecular formula is C12H20N3O4+. The van der Waals surface area contributed by atoms with Crippen LogP contribution in [0.2, 0.25) is 0 Å². The van der Waals surface area contributed by atoms with E-state index < -0.39 is 17.6 Å². The summed E-state index contributed by atoms with van der Waals surface area (Å²) in [4.78, 5) is 36.9. The standard InChI is InChI=1S/C12H19N3O4/c1-8(16)15-10(6-5-9(17)7-14-13)11(18)19-12(2,3)4/h7,10,13H,5-6H2,1-4H3/p+1/t10-/m0/s1. The molecule has 0 unspecified atom stereocenters. The first-order chi connectivity index (χ1) is 8.65. The third-order valence-corrected chi connectivity index (χ3v) is 1.96. The number of nitrogens with zero attached hydrogens (tertiary/aromatic N) is 1. The van der Waals surface area contributed by atoms with Gasteiger partial charge in [0.2, 0.25) is 11.7 Å². The van der Waals surface area contributed by atoms with E-state index in [1.807, 2.05) is 0 Å². The minimum Gasteiger partial charge on any atom is -0.458 e. The van der Waals surface area contributed by atoms with Gasteiger partial charge in [-0.25, -0.2) is 4.79 Å². The Bertz CT molecular complexity index is 406. The van der Waals surface area contributed by atoms with E-state index in [1.165, 1.54) is 6.92 Å². The van der Waals surface area contributed by atoms with Crippen molar-refractivity contribution in [3.05, 3.63) is 0 Å². The van der Waals surface area contributed by atoms with E-state index in [2.05, 4.69) is 10.1 Å². The Morgan fingerprint density at radius 1 is 1.37 bits per heavy atom. The molecule has 7 heteroatoms. The Kier molecular flexibility index (Phi) is 6.64. The van der Waals surface area contributed by atoms with Crippen molar-refractivity contribution >= 4 is 23.9 Å². The van der Waals surface area contributed by atoms with Gasteiger partial charge in [0.15, 0.2) is 0 Å². The van der Waals surface area contributed by atoms with Crippen LogP contribution in [-0.4, -0.2) is 40.3 Å². The van der Waals surface area contributed by atoms with Gasteiger partial charge in [0.25, 0.3) is 0 Å². The lowest BCUT2D eigenvalue weighted by molar-refractivity contribution is -0.158. The average molecular weight is 270 g/mol. The van der Waals surface area contributed by atoms with Crippen LogP contribution in [0.3, 0.4) is 0 Å². The number of rotatable bonds is 6. The molecule has 1 amide bonds. The molecule has 0 radical (unpaired) electrons. The van der Waals surface area contributed by atoms with E-state index >= 15 is 0 Å². The maximum absolute atomic E-state index is 11.8. The lowest BCUT2D eigenvalue weighted by Crippen LogP contribution is -2.43. The maximum atomic E-state index is 11.8. The second kappa shape index (κ2) is 7.43. The number of ketones is 1. The second-order valence-corrected chi connectivity index (χ2v) is 5.05. The Morgan fingerprint density at radius 3 is 2.37 bits per heavy atom. The van der Waals surface area contributed by atoms with Crippen LogP contribution in [0.25, 0.3) is 0 Å². The van der Waals surface area contributed by atoms with Crippen molar-refractivity contribution in [3.8, 4) is 0 Å². The maximum Gasteiger partial charge on any atom is 0.372 e. The number of Topliss-reactive ketones (excluding diaryl/α,β-unsaturated/α-hetero) is 1. The van der Waals surface area contributed by atoms with Crippen LogP contribution in [0.4, 0.5) is 0 Å². The number of carbonyl (C=O) groups is 3. The zero-order valence-electron chi connectivity index (χ0n) is 11.6. The van der Waals surface area contributed by atoms with E-state index in [4.69, 9.17) is 10.3 Å². The summed E-state index contributed by atoms with van der Waals surface area (Å²) in [5.41, 5.74) is 5.86. The first-order valence-electron chi connectivity index (χ1n) is 5.88. The Labute approximate surface area is 111 Å². The minimum absolute atomic E-state index is 0.00652. The van der Waals surface area contributed by atoms with Crippen molar-refractivity contribution in [1.82, 2.24) is 5.32 Å². The lowest BCUT2D eigenvalue weighted by atomic mass is 10.1. The first kappa shape index (κ1) is 17.0. The Morgan fingerprint density at radius 2 is 1.95 bits per heavy atom. The monoisotopic (exact) mass is 270 g/mol. The Hall–Kier alpha value is -2.01. The van der Waals surface area contributed by atoms with Gasteiger partial charge in [0, 0.05) is 13.3 Å². The molecule has 7 nitrogen and oxygen atoms in total. The van der Waals surface area contributed by atoms with Crippen molar-refractivity contribution < 1.29 is 23.9 Å². The van der Waals surface area contributed by atoms with Gasteiger partial charge in [0.1, 0.15) is 11.6 Å². The van der Waals surface area contributed by atoms with E-state index in [-0.39, 0.29) is 24.5 Å². The molecule has 0 aliphatic heterocycles. The summed E-state index contributed by atoms with van der Waals surface area (Å²) in [6.45, 7) is 6.43. The summed E-state index contributed by atoms with van der Waals surface area (Å²) in [6, 6.07) is -0.875. The minimum atomic E-state index is -0.875. The summed E-state index contributed by atoms with van der Waals surface area (Å²) in [5.74, 6) is -1.34. The van der Waals surface area contributed by atoms with Gasteiger partial charge in [-0.15, -0.1) is 0 Å². The molecule has 106 valence electrons. The fourth-order valence-corrected chi connectivity index (χ4v) is 1.29. The number of hydrogen-bond acceptors (Lipinski definition) is 5. The van der Waals surface area contributed by atoms with E-state index in [1.54, 1.807) is 20.8 Å². The molecule has 19 heavy (non-hydrogen) atoms. The molecule has 0 bridgehead atoms. The van der Waals surface area contributed by atoms with Crippen LogP contribution in [-0.2, 0) is 19.1 Å². The number of nitrogens with one attached hydrogen (secondary N) is 2. The van der Waals surface area contributed by atoms with Gasteiger partial charge in [-0.2, -0.15) is 0 Å². The molecule has 0 aromatic carbocycles. The highest BCUT2D eigenvalue weighted by atomic mass is 16.6. The zero-order valence-corrected chi connectivity index (χ0v) is 11.6. The second-order valence-electron chi connectivity index (χ2n) is 5.05.